The summed E-state index contributed by atoms with van der Waals surface area (Å²) in [6.07, 6.45) is 1.10. The van der Waals surface area contributed by atoms with Crippen LogP contribution in [0.15, 0.2) is 48.5 Å². The van der Waals surface area contributed by atoms with Crippen molar-refractivity contribution in [1.82, 2.24) is 0 Å². The third-order valence-electron chi connectivity index (χ3n) is 2.71. The molecule has 0 amide bonds. The van der Waals surface area contributed by atoms with Crippen LogP contribution in [0.5, 0.6) is 0 Å². The minimum Gasteiger partial charge on any atom is -0.274 e. The van der Waals surface area contributed by atoms with Crippen LogP contribution < -0.4 is 0 Å². The Labute approximate surface area is 95.9 Å². The zero-order chi connectivity index (χ0) is 11.4. The number of rotatable bonds is 0. The first-order valence-corrected chi connectivity index (χ1v) is 5.84. The van der Waals surface area contributed by atoms with Crippen LogP contribution in [-0.4, -0.2) is 9.29 Å². The minimum atomic E-state index is -1.42. The van der Waals surface area contributed by atoms with Gasteiger partial charge in [0.2, 0.25) is 0 Å². The molecule has 0 N–H and O–H groups in total. The summed E-state index contributed by atoms with van der Waals surface area (Å²) in [5.74, 6) is 0. The van der Waals surface area contributed by atoms with Crippen molar-refractivity contribution < 1.29 is 8.92 Å². The van der Waals surface area contributed by atoms with E-state index in [-0.39, 0.29) is 0 Å². The highest BCUT2D eigenvalue weighted by molar-refractivity contribution is 5.94. The molecule has 0 atom stereocenters. The van der Waals surface area contributed by atoms with E-state index >= 15 is 0 Å². The molecule has 78 valence electrons. The van der Waals surface area contributed by atoms with Gasteiger partial charge in [0.1, 0.15) is 0 Å². The van der Waals surface area contributed by atoms with Gasteiger partial charge in [0.25, 0.3) is 0 Å². The standard InChI is InChI=1S/C13H10.O2Si/c1-3-7-12-10(5-1)9-11-6-2-4-8-13(11)12;1-3-2/h1-8H,9H2;. The fourth-order valence-corrected chi connectivity index (χ4v) is 2.08. The van der Waals surface area contributed by atoms with E-state index in [2.05, 4.69) is 48.5 Å². The zero-order valence-electron chi connectivity index (χ0n) is 8.64. The molecule has 1 aliphatic rings. The number of hydrogen-bond donors (Lipinski definition) is 0. The fourth-order valence-electron chi connectivity index (χ4n) is 2.08. The summed E-state index contributed by atoms with van der Waals surface area (Å²) < 4.78 is 16.8. The van der Waals surface area contributed by atoms with E-state index in [1.165, 1.54) is 22.3 Å². The van der Waals surface area contributed by atoms with Crippen molar-refractivity contribution >= 4 is 9.29 Å². The lowest BCUT2D eigenvalue weighted by atomic mass is 10.1. The largest absolute Gasteiger partial charge is 0.549 e. The predicted molar refractivity (Wildman–Crippen MR) is 61.8 cm³/mol. The Morgan fingerprint density at radius 1 is 0.750 bits per heavy atom. The van der Waals surface area contributed by atoms with Gasteiger partial charge in [-0.25, -0.2) is 0 Å². The molecule has 2 nitrogen and oxygen atoms in total. The van der Waals surface area contributed by atoms with E-state index < -0.39 is 9.29 Å². The molecule has 0 heterocycles. The summed E-state index contributed by atoms with van der Waals surface area (Å²) in [6, 6.07) is 17.3. The summed E-state index contributed by atoms with van der Waals surface area (Å²) in [5, 5.41) is 0. The second-order valence-corrected chi connectivity index (χ2v) is 3.74. The van der Waals surface area contributed by atoms with Crippen LogP contribution in [-0.2, 0) is 15.3 Å². The van der Waals surface area contributed by atoms with Crippen molar-refractivity contribution in [3.05, 3.63) is 59.7 Å². The molecule has 0 saturated carbocycles. The third kappa shape index (κ3) is 1.95. The van der Waals surface area contributed by atoms with Crippen LogP contribution in [0.2, 0.25) is 0 Å². The van der Waals surface area contributed by atoms with Gasteiger partial charge in [-0.3, -0.25) is 8.92 Å². The molecule has 3 rings (SSSR count). The number of hydrogen-bond acceptors (Lipinski definition) is 2. The van der Waals surface area contributed by atoms with Crippen LogP contribution in [0.1, 0.15) is 11.1 Å². The number of benzene rings is 2. The predicted octanol–water partition coefficient (Wildman–Crippen LogP) is 2.64. The second kappa shape index (κ2) is 4.85. The molecular formula is C13H10O2Si. The van der Waals surface area contributed by atoms with Crippen molar-refractivity contribution in [3.63, 3.8) is 0 Å². The molecule has 0 aromatic heterocycles. The summed E-state index contributed by atoms with van der Waals surface area (Å²) in [7, 11) is -1.42. The SMILES string of the molecule is O=[Si]=O.c1ccc2c(c1)Cc1ccccc1-2. The van der Waals surface area contributed by atoms with Crippen LogP contribution in [0.4, 0.5) is 0 Å². The highest BCUT2D eigenvalue weighted by atomic mass is 28.2. The van der Waals surface area contributed by atoms with E-state index in [0.29, 0.717) is 0 Å². The zero-order valence-corrected chi connectivity index (χ0v) is 9.64. The van der Waals surface area contributed by atoms with Gasteiger partial charge in [-0.15, -0.1) is 0 Å². The van der Waals surface area contributed by atoms with E-state index in [0.717, 1.165) is 6.42 Å². The third-order valence-corrected chi connectivity index (χ3v) is 2.71. The maximum Gasteiger partial charge on any atom is 0.549 e. The van der Waals surface area contributed by atoms with Gasteiger partial charge in [0.05, 0.1) is 0 Å². The first-order valence-electron chi connectivity index (χ1n) is 5.02. The van der Waals surface area contributed by atoms with E-state index in [1.54, 1.807) is 0 Å². The Bertz CT molecular complexity index is 500. The molecule has 3 heteroatoms. The van der Waals surface area contributed by atoms with Crippen molar-refractivity contribution in [2.24, 2.45) is 0 Å². The molecule has 0 radical (unpaired) electrons. The van der Waals surface area contributed by atoms with Crippen molar-refractivity contribution in [2.75, 3.05) is 0 Å². The summed E-state index contributed by atoms with van der Waals surface area (Å²) in [4.78, 5) is 0. The Kier molecular flexibility index (Phi) is 3.27. The van der Waals surface area contributed by atoms with Crippen LogP contribution in [0, 0.1) is 0 Å². The molecule has 0 aliphatic heterocycles. The molecular weight excluding hydrogens is 216 g/mol. The lowest BCUT2D eigenvalue weighted by Crippen LogP contribution is -1.77. The summed E-state index contributed by atoms with van der Waals surface area (Å²) in [6.45, 7) is 0. The summed E-state index contributed by atoms with van der Waals surface area (Å²) >= 11 is 0. The first-order chi connectivity index (χ1) is 7.86. The smallest absolute Gasteiger partial charge is 0.274 e. The van der Waals surface area contributed by atoms with Gasteiger partial charge in [-0.1, -0.05) is 48.5 Å². The average molecular weight is 226 g/mol. The molecule has 0 unspecified atom stereocenters. The Balaban J connectivity index is 0.000000292. The van der Waals surface area contributed by atoms with Gasteiger partial charge in [0.15, 0.2) is 0 Å². The lowest BCUT2D eigenvalue weighted by molar-refractivity contribution is 0.497. The minimum absolute atomic E-state index is 1.10. The monoisotopic (exact) mass is 226 g/mol. The van der Waals surface area contributed by atoms with Crippen molar-refractivity contribution in [1.29, 1.82) is 0 Å². The summed E-state index contributed by atoms with van der Waals surface area (Å²) in [5.41, 5.74) is 5.75. The maximum absolute atomic E-state index is 8.40. The van der Waals surface area contributed by atoms with Gasteiger partial charge in [-0.05, 0) is 28.7 Å². The molecule has 2 aromatic rings. The number of fused-ring (bicyclic) bond motifs is 3. The van der Waals surface area contributed by atoms with E-state index in [4.69, 9.17) is 8.92 Å². The molecule has 1 aliphatic carbocycles. The Hall–Kier alpha value is -1.74. The van der Waals surface area contributed by atoms with Crippen molar-refractivity contribution in [3.8, 4) is 11.1 Å². The fraction of sp³-hybridized carbons (Fsp3) is 0.0769. The molecule has 2 aromatic carbocycles. The molecule has 16 heavy (non-hydrogen) atoms. The normalized spacial score (nSPS) is 10.5. The van der Waals surface area contributed by atoms with Gasteiger partial charge < -0.3 is 0 Å². The van der Waals surface area contributed by atoms with Crippen LogP contribution >= 0.6 is 0 Å². The van der Waals surface area contributed by atoms with Crippen molar-refractivity contribution in [2.45, 2.75) is 6.42 Å². The second-order valence-electron chi connectivity index (χ2n) is 3.57. The quantitative estimate of drug-likeness (QED) is 0.552. The molecule has 0 spiro atoms. The topological polar surface area (TPSA) is 34.1 Å². The van der Waals surface area contributed by atoms with E-state index in [1.807, 2.05) is 0 Å². The van der Waals surface area contributed by atoms with Crippen LogP contribution in [0.3, 0.4) is 0 Å². The Morgan fingerprint density at radius 3 is 1.56 bits per heavy atom. The average Bonchev–Trinajstić information content (AvgIpc) is 2.68. The lowest BCUT2D eigenvalue weighted by Gasteiger charge is -1.98. The first kappa shape index (κ1) is 10.8. The van der Waals surface area contributed by atoms with Gasteiger partial charge >= 0.3 is 9.29 Å². The highest BCUT2D eigenvalue weighted by Crippen LogP contribution is 2.35. The Morgan fingerprint density at radius 2 is 1.12 bits per heavy atom. The molecule has 0 bridgehead atoms. The molecule has 0 fully saturated rings. The van der Waals surface area contributed by atoms with Crippen LogP contribution in [0.25, 0.3) is 11.1 Å². The van der Waals surface area contributed by atoms with Gasteiger partial charge in [-0.2, -0.15) is 0 Å². The molecule has 0 saturated heterocycles. The van der Waals surface area contributed by atoms with Gasteiger partial charge in [0, 0.05) is 0 Å². The van der Waals surface area contributed by atoms with E-state index in [9.17, 15) is 0 Å². The maximum atomic E-state index is 8.40. The highest BCUT2D eigenvalue weighted by Gasteiger charge is 2.15.